The molecular weight excluding hydrogens is 203 g/mol. The highest BCUT2D eigenvalue weighted by atomic mass is 35.5. The monoisotopic (exact) mass is 222 g/mol. The molecule has 0 saturated carbocycles. The predicted octanol–water partition coefficient (Wildman–Crippen LogP) is 1.59. The summed E-state index contributed by atoms with van der Waals surface area (Å²) in [7, 11) is 2.14. The van der Waals surface area contributed by atoms with E-state index in [1.165, 1.54) is 0 Å². The quantitative estimate of drug-likeness (QED) is 0.670. The van der Waals surface area contributed by atoms with Crippen LogP contribution >= 0.6 is 12.4 Å². The molecular formula is C10H20ClFN2. The molecule has 2 aliphatic rings. The van der Waals surface area contributed by atoms with Crippen LogP contribution in [0.2, 0.25) is 0 Å². The lowest BCUT2D eigenvalue weighted by Crippen LogP contribution is -2.57. The zero-order valence-electron chi connectivity index (χ0n) is 8.76. The Balaban J connectivity index is 0.000000980. The van der Waals surface area contributed by atoms with Gasteiger partial charge in [0.15, 0.2) is 0 Å². The Labute approximate surface area is 91.6 Å². The Morgan fingerprint density at radius 1 is 1.36 bits per heavy atom. The van der Waals surface area contributed by atoms with E-state index in [0.29, 0.717) is 6.42 Å². The SMILES string of the molecule is CN1CCC2(CC1)CC(F)CCN2.Cl. The highest BCUT2D eigenvalue weighted by molar-refractivity contribution is 5.85. The number of halogens is 2. The third-order valence-electron chi connectivity index (χ3n) is 3.51. The van der Waals surface area contributed by atoms with Gasteiger partial charge in [-0.05, 0) is 52.4 Å². The van der Waals surface area contributed by atoms with E-state index in [1.54, 1.807) is 0 Å². The highest BCUT2D eigenvalue weighted by Crippen LogP contribution is 2.31. The summed E-state index contributed by atoms with van der Waals surface area (Å²) >= 11 is 0. The molecule has 0 aromatic heterocycles. The molecule has 0 aliphatic carbocycles. The molecule has 1 atom stereocenters. The number of nitrogens with one attached hydrogen (secondary N) is 1. The van der Waals surface area contributed by atoms with Gasteiger partial charge in [0.1, 0.15) is 6.17 Å². The van der Waals surface area contributed by atoms with Crippen LogP contribution in [-0.2, 0) is 0 Å². The molecule has 2 aliphatic heterocycles. The average molecular weight is 223 g/mol. The molecule has 14 heavy (non-hydrogen) atoms. The molecule has 2 heterocycles. The van der Waals surface area contributed by atoms with Crippen molar-refractivity contribution in [2.24, 2.45) is 0 Å². The number of nitrogens with zero attached hydrogens (tertiary/aromatic N) is 1. The van der Waals surface area contributed by atoms with Crippen LogP contribution in [0.4, 0.5) is 4.39 Å². The molecule has 0 radical (unpaired) electrons. The van der Waals surface area contributed by atoms with Crippen molar-refractivity contribution >= 4 is 12.4 Å². The van der Waals surface area contributed by atoms with Crippen LogP contribution in [-0.4, -0.2) is 43.3 Å². The summed E-state index contributed by atoms with van der Waals surface area (Å²) in [6, 6.07) is 0. The first kappa shape index (κ1) is 12.2. The summed E-state index contributed by atoms with van der Waals surface area (Å²) < 4.78 is 13.3. The van der Waals surface area contributed by atoms with Gasteiger partial charge >= 0.3 is 0 Å². The molecule has 1 unspecified atom stereocenters. The summed E-state index contributed by atoms with van der Waals surface area (Å²) in [6.45, 7) is 3.09. The minimum Gasteiger partial charge on any atom is -0.311 e. The number of piperidine rings is 2. The Bertz CT molecular complexity index is 181. The van der Waals surface area contributed by atoms with Crippen molar-refractivity contribution < 1.29 is 4.39 Å². The van der Waals surface area contributed by atoms with Crippen LogP contribution in [0.15, 0.2) is 0 Å². The van der Waals surface area contributed by atoms with Crippen molar-refractivity contribution in [2.75, 3.05) is 26.7 Å². The number of rotatable bonds is 0. The lowest BCUT2D eigenvalue weighted by Gasteiger charge is -2.45. The summed E-state index contributed by atoms with van der Waals surface area (Å²) in [5, 5.41) is 3.52. The normalized spacial score (nSPS) is 32.6. The van der Waals surface area contributed by atoms with Crippen molar-refractivity contribution in [3.05, 3.63) is 0 Å². The molecule has 2 rings (SSSR count). The third-order valence-corrected chi connectivity index (χ3v) is 3.51. The largest absolute Gasteiger partial charge is 0.311 e. The van der Waals surface area contributed by atoms with Crippen LogP contribution in [0.3, 0.4) is 0 Å². The minimum absolute atomic E-state index is 0. The number of likely N-dealkylation sites (tertiary alicyclic amines) is 1. The summed E-state index contributed by atoms with van der Waals surface area (Å²) in [5.74, 6) is 0. The fourth-order valence-corrected chi connectivity index (χ4v) is 2.52. The van der Waals surface area contributed by atoms with Crippen LogP contribution in [0, 0.1) is 0 Å². The van der Waals surface area contributed by atoms with Gasteiger partial charge in [0, 0.05) is 5.54 Å². The lowest BCUT2D eigenvalue weighted by atomic mass is 9.80. The maximum Gasteiger partial charge on any atom is 0.103 e. The topological polar surface area (TPSA) is 15.3 Å². The van der Waals surface area contributed by atoms with E-state index in [2.05, 4.69) is 17.3 Å². The molecule has 0 aromatic carbocycles. The van der Waals surface area contributed by atoms with E-state index < -0.39 is 6.17 Å². The third kappa shape index (κ3) is 2.59. The molecule has 0 bridgehead atoms. The second kappa shape index (κ2) is 4.77. The molecule has 0 amide bonds. The Morgan fingerprint density at radius 3 is 2.57 bits per heavy atom. The number of alkyl halides is 1. The molecule has 2 fully saturated rings. The maximum atomic E-state index is 13.3. The van der Waals surface area contributed by atoms with Crippen LogP contribution in [0.1, 0.15) is 25.7 Å². The first-order valence-electron chi connectivity index (χ1n) is 5.28. The van der Waals surface area contributed by atoms with Crippen LogP contribution in [0.25, 0.3) is 0 Å². The van der Waals surface area contributed by atoms with Gasteiger partial charge in [-0.25, -0.2) is 4.39 Å². The lowest BCUT2D eigenvalue weighted by molar-refractivity contribution is 0.0869. The van der Waals surface area contributed by atoms with Gasteiger partial charge in [0.2, 0.25) is 0 Å². The van der Waals surface area contributed by atoms with Gasteiger partial charge in [-0.3, -0.25) is 0 Å². The van der Waals surface area contributed by atoms with Gasteiger partial charge in [-0.2, -0.15) is 0 Å². The van der Waals surface area contributed by atoms with Crippen LogP contribution in [0.5, 0.6) is 0 Å². The second-order valence-corrected chi connectivity index (χ2v) is 4.60. The van der Waals surface area contributed by atoms with Gasteiger partial charge in [0.05, 0.1) is 0 Å². The van der Waals surface area contributed by atoms with Crippen molar-refractivity contribution in [1.29, 1.82) is 0 Å². The van der Waals surface area contributed by atoms with E-state index in [0.717, 1.165) is 38.9 Å². The molecule has 1 N–H and O–H groups in total. The molecule has 0 aromatic rings. The molecule has 1 spiro atoms. The molecule has 2 saturated heterocycles. The van der Waals surface area contributed by atoms with Gasteiger partial charge in [-0.15, -0.1) is 12.4 Å². The zero-order chi connectivity index (χ0) is 9.31. The van der Waals surface area contributed by atoms with Crippen LogP contribution < -0.4 is 5.32 Å². The van der Waals surface area contributed by atoms with Crippen molar-refractivity contribution in [2.45, 2.75) is 37.4 Å². The smallest absolute Gasteiger partial charge is 0.103 e. The molecule has 2 nitrogen and oxygen atoms in total. The first-order chi connectivity index (χ1) is 6.20. The predicted molar refractivity (Wildman–Crippen MR) is 58.8 cm³/mol. The van der Waals surface area contributed by atoms with Crippen molar-refractivity contribution in [1.82, 2.24) is 10.2 Å². The van der Waals surface area contributed by atoms with E-state index in [9.17, 15) is 4.39 Å². The molecule has 84 valence electrons. The standard InChI is InChI=1S/C10H19FN2.ClH/c1-13-6-3-10(4-7-13)8-9(11)2-5-12-10;/h9,12H,2-8H2,1H3;1H. The molecule has 4 heteroatoms. The fraction of sp³-hybridized carbons (Fsp3) is 1.00. The summed E-state index contributed by atoms with van der Waals surface area (Å²) in [5.41, 5.74) is 0.143. The van der Waals surface area contributed by atoms with Gasteiger partial charge < -0.3 is 10.2 Å². The minimum atomic E-state index is -0.565. The number of hydrogen-bond acceptors (Lipinski definition) is 2. The maximum absolute atomic E-state index is 13.3. The Kier molecular flexibility index (Phi) is 4.16. The second-order valence-electron chi connectivity index (χ2n) is 4.60. The van der Waals surface area contributed by atoms with E-state index in [-0.39, 0.29) is 17.9 Å². The number of hydrogen-bond donors (Lipinski definition) is 1. The highest BCUT2D eigenvalue weighted by Gasteiger charge is 2.38. The zero-order valence-corrected chi connectivity index (χ0v) is 9.58. The summed E-state index contributed by atoms with van der Waals surface area (Å²) in [4.78, 5) is 2.33. The first-order valence-corrected chi connectivity index (χ1v) is 5.28. The van der Waals surface area contributed by atoms with Gasteiger partial charge in [0.25, 0.3) is 0 Å². The Morgan fingerprint density at radius 2 is 2.00 bits per heavy atom. The Hall–Kier alpha value is 0.140. The van der Waals surface area contributed by atoms with E-state index in [1.807, 2.05) is 0 Å². The van der Waals surface area contributed by atoms with E-state index in [4.69, 9.17) is 0 Å². The fourth-order valence-electron chi connectivity index (χ4n) is 2.52. The van der Waals surface area contributed by atoms with Crippen molar-refractivity contribution in [3.63, 3.8) is 0 Å². The average Bonchev–Trinajstić information content (AvgIpc) is 2.11. The van der Waals surface area contributed by atoms with Gasteiger partial charge in [-0.1, -0.05) is 0 Å². The van der Waals surface area contributed by atoms with E-state index >= 15 is 0 Å². The van der Waals surface area contributed by atoms with Crippen molar-refractivity contribution in [3.8, 4) is 0 Å². The summed E-state index contributed by atoms with van der Waals surface area (Å²) in [6.07, 6.45) is 3.11.